The first-order valence-electron chi connectivity index (χ1n) is 3.39. The molecular formula is C8H7Cl2FO. The summed E-state index contributed by atoms with van der Waals surface area (Å²) in [6.45, 7) is -0.00170. The molecule has 4 heteroatoms. The van der Waals surface area contributed by atoms with Crippen LogP contribution in [-0.2, 0) is 6.42 Å². The summed E-state index contributed by atoms with van der Waals surface area (Å²) in [5.74, 6) is -0.611. The predicted molar refractivity (Wildman–Crippen MR) is 47.2 cm³/mol. The van der Waals surface area contributed by atoms with E-state index in [2.05, 4.69) is 0 Å². The Morgan fingerprint density at radius 3 is 2.17 bits per heavy atom. The first-order valence-corrected chi connectivity index (χ1v) is 4.15. The molecule has 0 aliphatic heterocycles. The number of aliphatic hydroxyl groups is 1. The third kappa shape index (κ3) is 2.09. The van der Waals surface area contributed by atoms with Gasteiger partial charge in [-0.25, -0.2) is 4.39 Å². The first-order chi connectivity index (χ1) is 5.65. The maximum absolute atomic E-state index is 12.8. The van der Waals surface area contributed by atoms with Crippen molar-refractivity contribution in [3.63, 3.8) is 0 Å². The molecule has 12 heavy (non-hydrogen) atoms. The van der Waals surface area contributed by atoms with Gasteiger partial charge in [-0.2, -0.15) is 0 Å². The fourth-order valence-corrected chi connectivity index (χ4v) is 1.41. The van der Waals surface area contributed by atoms with Crippen LogP contribution in [0.4, 0.5) is 4.39 Å². The largest absolute Gasteiger partial charge is 0.396 e. The van der Waals surface area contributed by atoms with Crippen molar-refractivity contribution >= 4 is 23.2 Å². The van der Waals surface area contributed by atoms with Gasteiger partial charge in [-0.05, 0) is 24.1 Å². The summed E-state index contributed by atoms with van der Waals surface area (Å²) in [6.07, 6.45) is 0.430. The van der Waals surface area contributed by atoms with Gasteiger partial charge in [-0.3, -0.25) is 0 Å². The molecule has 1 N–H and O–H groups in total. The maximum Gasteiger partial charge on any atom is 0.160 e. The van der Waals surface area contributed by atoms with Crippen LogP contribution in [0.15, 0.2) is 12.1 Å². The molecule has 66 valence electrons. The molecule has 0 atom stereocenters. The van der Waals surface area contributed by atoms with Crippen LogP contribution >= 0.6 is 23.2 Å². The van der Waals surface area contributed by atoms with Crippen molar-refractivity contribution in [2.75, 3.05) is 6.61 Å². The second kappa shape index (κ2) is 4.08. The van der Waals surface area contributed by atoms with Gasteiger partial charge in [0.15, 0.2) is 5.82 Å². The Bertz CT molecular complexity index is 265. The van der Waals surface area contributed by atoms with Crippen molar-refractivity contribution in [2.45, 2.75) is 6.42 Å². The fourth-order valence-electron chi connectivity index (χ4n) is 0.881. The minimum Gasteiger partial charge on any atom is -0.396 e. The highest BCUT2D eigenvalue weighted by atomic mass is 35.5. The normalized spacial score (nSPS) is 10.3. The highest BCUT2D eigenvalue weighted by Crippen LogP contribution is 2.24. The predicted octanol–water partition coefficient (Wildman–Crippen LogP) is 2.67. The molecule has 1 aromatic rings. The van der Waals surface area contributed by atoms with E-state index in [1.54, 1.807) is 0 Å². The van der Waals surface area contributed by atoms with Crippen molar-refractivity contribution < 1.29 is 9.50 Å². The second-order valence-electron chi connectivity index (χ2n) is 2.35. The van der Waals surface area contributed by atoms with Crippen molar-refractivity contribution in [3.05, 3.63) is 33.6 Å². The zero-order valence-electron chi connectivity index (χ0n) is 6.15. The van der Waals surface area contributed by atoms with Crippen LogP contribution in [0.25, 0.3) is 0 Å². The van der Waals surface area contributed by atoms with Crippen LogP contribution in [0.5, 0.6) is 0 Å². The molecule has 0 aliphatic carbocycles. The zero-order chi connectivity index (χ0) is 9.14. The number of aliphatic hydroxyl groups excluding tert-OH is 1. The average molecular weight is 209 g/mol. The van der Waals surface area contributed by atoms with E-state index in [0.717, 1.165) is 5.56 Å². The quantitative estimate of drug-likeness (QED) is 0.742. The number of hydrogen-bond donors (Lipinski definition) is 1. The van der Waals surface area contributed by atoms with Crippen LogP contribution in [0.1, 0.15) is 5.56 Å². The Morgan fingerprint density at radius 2 is 1.75 bits per heavy atom. The molecule has 0 aromatic heterocycles. The molecule has 1 rings (SSSR count). The van der Waals surface area contributed by atoms with E-state index in [-0.39, 0.29) is 16.7 Å². The van der Waals surface area contributed by atoms with E-state index in [9.17, 15) is 4.39 Å². The van der Waals surface area contributed by atoms with Gasteiger partial charge in [0.2, 0.25) is 0 Å². The summed E-state index contributed by atoms with van der Waals surface area (Å²) >= 11 is 11.0. The Hall–Kier alpha value is -0.310. The Kier molecular flexibility index (Phi) is 3.32. The van der Waals surface area contributed by atoms with Gasteiger partial charge in [0.25, 0.3) is 0 Å². The lowest BCUT2D eigenvalue weighted by molar-refractivity contribution is 0.299. The second-order valence-corrected chi connectivity index (χ2v) is 3.16. The molecule has 0 spiro atoms. The summed E-state index contributed by atoms with van der Waals surface area (Å²) in [5, 5.41) is 8.57. The summed E-state index contributed by atoms with van der Waals surface area (Å²) < 4.78 is 12.8. The van der Waals surface area contributed by atoms with Crippen LogP contribution in [0.3, 0.4) is 0 Å². The highest BCUT2D eigenvalue weighted by molar-refractivity contribution is 6.34. The molecule has 0 heterocycles. The van der Waals surface area contributed by atoms with Gasteiger partial charge in [0.05, 0.1) is 10.0 Å². The lowest BCUT2D eigenvalue weighted by Crippen LogP contribution is -1.92. The molecule has 0 amide bonds. The van der Waals surface area contributed by atoms with E-state index in [1.807, 2.05) is 0 Å². The van der Waals surface area contributed by atoms with Crippen LogP contribution in [0.2, 0.25) is 10.0 Å². The van der Waals surface area contributed by atoms with Gasteiger partial charge < -0.3 is 5.11 Å². The lowest BCUT2D eigenvalue weighted by Gasteiger charge is -2.01. The SMILES string of the molecule is OCCc1cc(Cl)c(F)c(Cl)c1. The van der Waals surface area contributed by atoms with Gasteiger partial charge in [-0.1, -0.05) is 23.2 Å². The van der Waals surface area contributed by atoms with Gasteiger partial charge in [-0.15, -0.1) is 0 Å². The highest BCUT2D eigenvalue weighted by Gasteiger charge is 2.06. The molecule has 1 aromatic carbocycles. The van der Waals surface area contributed by atoms with Gasteiger partial charge >= 0.3 is 0 Å². The van der Waals surface area contributed by atoms with E-state index < -0.39 is 5.82 Å². The van der Waals surface area contributed by atoms with Crippen molar-refractivity contribution in [1.82, 2.24) is 0 Å². The number of benzene rings is 1. The molecule has 0 unspecified atom stereocenters. The number of rotatable bonds is 2. The Balaban J connectivity index is 3.04. The summed E-state index contributed by atoms with van der Waals surface area (Å²) in [4.78, 5) is 0. The lowest BCUT2D eigenvalue weighted by atomic mass is 10.1. The van der Waals surface area contributed by atoms with Gasteiger partial charge in [0, 0.05) is 6.61 Å². The first kappa shape index (κ1) is 9.78. The topological polar surface area (TPSA) is 20.2 Å². The zero-order valence-corrected chi connectivity index (χ0v) is 7.66. The van der Waals surface area contributed by atoms with Gasteiger partial charge in [0.1, 0.15) is 0 Å². The average Bonchev–Trinajstić information content (AvgIpc) is 2.01. The molecule has 1 nitrogen and oxygen atoms in total. The van der Waals surface area contributed by atoms with E-state index in [0.29, 0.717) is 6.42 Å². The van der Waals surface area contributed by atoms with E-state index in [4.69, 9.17) is 28.3 Å². The molecule has 0 bridgehead atoms. The molecule has 0 aliphatic rings. The van der Waals surface area contributed by atoms with E-state index >= 15 is 0 Å². The minimum atomic E-state index is -0.611. The molecule has 0 radical (unpaired) electrons. The maximum atomic E-state index is 12.8. The standard InChI is InChI=1S/C8H7Cl2FO/c9-6-3-5(1-2-12)4-7(10)8(6)11/h3-4,12H,1-2H2. The van der Waals surface area contributed by atoms with Crippen LogP contribution in [-0.4, -0.2) is 11.7 Å². The third-order valence-electron chi connectivity index (χ3n) is 1.44. The van der Waals surface area contributed by atoms with Crippen LogP contribution in [0, 0.1) is 5.82 Å². The van der Waals surface area contributed by atoms with Crippen molar-refractivity contribution in [1.29, 1.82) is 0 Å². The number of hydrogen-bond acceptors (Lipinski definition) is 1. The smallest absolute Gasteiger partial charge is 0.160 e. The summed E-state index contributed by atoms with van der Waals surface area (Å²) in [6, 6.07) is 2.91. The van der Waals surface area contributed by atoms with Crippen molar-refractivity contribution in [3.8, 4) is 0 Å². The van der Waals surface area contributed by atoms with E-state index in [1.165, 1.54) is 12.1 Å². The minimum absolute atomic E-state index is 0.00170. The Labute approximate surface area is 79.7 Å². The molecular weight excluding hydrogens is 202 g/mol. The fraction of sp³-hybridized carbons (Fsp3) is 0.250. The van der Waals surface area contributed by atoms with Crippen molar-refractivity contribution in [2.24, 2.45) is 0 Å². The summed E-state index contributed by atoms with van der Waals surface area (Å²) in [7, 11) is 0. The molecule has 0 saturated heterocycles. The molecule has 0 saturated carbocycles. The summed E-state index contributed by atoms with van der Waals surface area (Å²) in [5.41, 5.74) is 0.730. The monoisotopic (exact) mass is 208 g/mol. The van der Waals surface area contributed by atoms with Crippen LogP contribution < -0.4 is 0 Å². The number of halogens is 3. The Morgan fingerprint density at radius 1 is 1.25 bits per heavy atom. The third-order valence-corrected chi connectivity index (χ3v) is 1.99. The molecule has 0 fully saturated rings.